The third kappa shape index (κ3) is 11.7. The van der Waals surface area contributed by atoms with Gasteiger partial charge in [-0.05, 0) is 24.7 Å². The summed E-state index contributed by atoms with van der Waals surface area (Å²) in [5.74, 6) is 0. The van der Waals surface area contributed by atoms with Crippen molar-refractivity contribution in [3.63, 3.8) is 0 Å². The molecular weight excluding hydrogens is 320 g/mol. The van der Waals surface area contributed by atoms with Crippen molar-refractivity contribution in [3.05, 3.63) is 0 Å². The zero-order chi connectivity index (χ0) is 15.8. The SMILES string of the molecule is CCCCCCCCCCCCC(CC)(CBr)CCCC. The summed E-state index contributed by atoms with van der Waals surface area (Å²) in [6.45, 7) is 6.99. The van der Waals surface area contributed by atoms with Gasteiger partial charge in [-0.2, -0.15) is 0 Å². The molecule has 0 fully saturated rings. The molecule has 0 heterocycles. The van der Waals surface area contributed by atoms with Crippen molar-refractivity contribution in [1.29, 1.82) is 0 Å². The van der Waals surface area contributed by atoms with Crippen LogP contribution in [0.4, 0.5) is 0 Å². The van der Waals surface area contributed by atoms with Crippen LogP contribution in [0.15, 0.2) is 0 Å². The molecule has 0 radical (unpaired) electrons. The van der Waals surface area contributed by atoms with Crippen LogP contribution >= 0.6 is 15.9 Å². The van der Waals surface area contributed by atoms with E-state index in [9.17, 15) is 0 Å². The molecule has 0 aliphatic heterocycles. The van der Waals surface area contributed by atoms with Crippen molar-refractivity contribution in [2.45, 2.75) is 117 Å². The van der Waals surface area contributed by atoms with Crippen molar-refractivity contribution in [1.82, 2.24) is 0 Å². The largest absolute Gasteiger partial charge is 0.0922 e. The molecule has 0 nitrogen and oxygen atoms in total. The molecule has 0 aromatic carbocycles. The fourth-order valence-corrected chi connectivity index (χ4v) is 4.20. The molecule has 0 aliphatic carbocycles. The predicted molar refractivity (Wildman–Crippen MR) is 103 cm³/mol. The lowest BCUT2D eigenvalue weighted by Gasteiger charge is -2.31. The molecule has 128 valence electrons. The van der Waals surface area contributed by atoms with Gasteiger partial charge in [0.15, 0.2) is 0 Å². The number of hydrogen-bond acceptors (Lipinski definition) is 0. The fourth-order valence-electron chi connectivity index (χ4n) is 3.25. The van der Waals surface area contributed by atoms with E-state index in [0.29, 0.717) is 5.41 Å². The molecule has 0 amide bonds. The molecule has 0 saturated carbocycles. The van der Waals surface area contributed by atoms with Gasteiger partial charge in [-0.1, -0.05) is 114 Å². The maximum Gasteiger partial charge on any atom is 0.00878 e. The fraction of sp³-hybridized carbons (Fsp3) is 1.00. The van der Waals surface area contributed by atoms with E-state index >= 15 is 0 Å². The first-order chi connectivity index (χ1) is 10.2. The normalized spacial score (nSPS) is 14.3. The van der Waals surface area contributed by atoms with Crippen molar-refractivity contribution in [2.24, 2.45) is 5.41 Å². The van der Waals surface area contributed by atoms with Gasteiger partial charge in [-0.3, -0.25) is 0 Å². The van der Waals surface area contributed by atoms with E-state index in [-0.39, 0.29) is 0 Å². The van der Waals surface area contributed by atoms with Crippen LogP contribution < -0.4 is 0 Å². The van der Waals surface area contributed by atoms with Crippen LogP contribution in [0.25, 0.3) is 0 Å². The van der Waals surface area contributed by atoms with Crippen molar-refractivity contribution in [2.75, 3.05) is 5.33 Å². The molecule has 0 saturated heterocycles. The first-order valence-corrected chi connectivity index (χ1v) is 10.9. The van der Waals surface area contributed by atoms with Gasteiger partial charge in [0.1, 0.15) is 0 Å². The first-order valence-electron chi connectivity index (χ1n) is 9.80. The van der Waals surface area contributed by atoms with Crippen molar-refractivity contribution < 1.29 is 0 Å². The quantitative estimate of drug-likeness (QED) is 0.192. The Balaban J connectivity index is 3.53. The Morgan fingerprint density at radius 2 is 1.00 bits per heavy atom. The van der Waals surface area contributed by atoms with Gasteiger partial charge < -0.3 is 0 Å². The summed E-state index contributed by atoms with van der Waals surface area (Å²) < 4.78 is 0. The average molecular weight is 361 g/mol. The molecule has 1 unspecified atom stereocenters. The van der Waals surface area contributed by atoms with Crippen LogP contribution in [0, 0.1) is 5.41 Å². The molecule has 0 aromatic heterocycles. The zero-order valence-corrected chi connectivity index (χ0v) is 16.8. The maximum absolute atomic E-state index is 3.79. The molecule has 21 heavy (non-hydrogen) atoms. The van der Waals surface area contributed by atoms with Crippen LogP contribution in [0.2, 0.25) is 0 Å². The second-order valence-electron chi connectivity index (χ2n) is 7.02. The van der Waals surface area contributed by atoms with Crippen LogP contribution in [0.3, 0.4) is 0 Å². The molecule has 0 N–H and O–H groups in total. The van der Waals surface area contributed by atoms with Crippen LogP contribution in [0.5, 0.6) is 0 Å². The lowest BCUT2D eigenvalue weighted by Crippen LogP contribution is -2.21. The van der Waals surface area contributed by atoms with Gasteiger partial charge in [0.25, 0.3) is 0 Å². The first kappa shape index (κ1) is 21.5. The van der Waals surface area contributed by atoms with Gasteiger partial charge in [-0.15, -0.1) is 0 Å². The van der Waals surface area contributed by atoms with E-state index in [1.54, 1.807) is 0 Å². The summed E-state index contributed by atoms with van der Waals surface area (Å²) >= 11 is 3.79. The number of hydrogen-bond donors (Lipinski definition) is 0. The highest BCUT2D eigenvalue weighted by molar-refractivity contribution is 9.09. The van der Waals surface area contributed by atoms with Gasteiger partial charge in [0.05, 0.1) is 0 Å². The van der Waals surface area contributed by atoms with Crippen LogP contribution in [-0.4, -0.2) is 5.33 Å². The number of alkyl halides is 1. The Kier molecular flexibility index (Phi) is 15.7. The Hall–Kier alpha value is 0.480. The lowest BCUT2D eigenvalue weighted by atomic mass is 9.78. The monoisotopic (exact) mass is 360 g/mol. The molecule has 0 bridgehead atoms. The maximum atomic E-state index is 3.79. The summed E-state index contributed by atoms with van der Waals surface area (Å²) in [6.07, 6.45) is 21.4. The number of unbranched alkanes of at least 4 members (excludes halogenated alkanes) is 10. The Morgan fingerprint density at radius 1 is 0.571 bits per heavy atom. The topological polar surface area (TPSA) is 0 Å². The minimum atomic E-state index is 0.593. The third-order valence-corrected chi connectivity index (χ3v) is 6.34. The van der Waals surface area contributed by atoms with E-state index in [1.165, 1.54) is 102 Å². The molecule has 1 heteroatoms. The summed E-state index contributed by atoms with van der Waals surface area (Å²) in [5.41, 5.74) is 0.593. The Bertz CT molecular complexity index is 196. The van der Waals surface area contributed by atoms with E-state index in [0.717, 1.165) is 0 Å². The molecule has 0 rings (SSSR count). The molecular formula is C20H41Br. The standard InChI is InChI=1S/C20H41Br/c1-4-7-9-10-11-12-13-14-15-16-18-20(6-3,19-21)17-8-5-2/h4-19H2,1-3H3. The van der Waals surface area contributed by atoms with E-state index < -0.39 is 0 Å². The average Bonchev–Trinajstić information content (AvgIpc) is 2.52. The highest BCUT2D eigenvalue weighted by Crippen LogP contribution is 2.36. The zero-order valence-electron chi connectivity index (χ0n) is 15.2. The highest BCUT2D eigenvalue weighted by atomic mass is 79.9. The highest BCUT2D eigenvalue weighted by Gasteiger charge is 2.25. The van der Waals surface area contributed by atoms with Crippen LogP contribution in [0.1, 0.15) is 117 Å². The van der Waals surface area contributed by atoms with E-state index in [2.05, 4.69) is 36.7 Å². The van der Waals surface area contributed by atoms with Gasteiger partial charge >= 0.3 is 0 Å². The Morgan fingerprint density at radius 3 is 1.43 bits per heavy atom. The second kappa shape index (κ2) is 15.4. The lowest BCUT2D eigenvalue weighted by molar-refractivity contribution is 0.252. The Labute approximate surface area is 144 Å². The van der Waals surface area contributed by atoms with Crippen LogP contribution in [-0.2, 0) is 0 Å². The summed E-state index contributed by atoms with van der Waals surface area (Å²) in [5, 5.41) is 1.20. The molecule has 1 atom stereocenters. The smallest absolute Gasteiger partial charge is 0.00878 e. The number of halogens is 1. The summed E-state index contributed by atoms with van der Waals surface area (Å²) in [7, 11) is 0. The number of rotatable bonds is 16. The summed E-state index contributed by atoms with van der Waals surface area (Å²) in [4.78, 5) is 0. The van der Waals surface area contributed by atoms with Crippen molar-refractivity contribution >= 4 is 15.9 Å². The van der Waals surface area contributed by atoms with Crippen molar-refractivity contribution in [3.8, 4) is 0 Å². The van der Waals surface area contributed by atoms with E-state index in [4.69, 9.17) is 0 Å². The van der Waals surface area contributed by atoms with E-state index in [1.807, 2.05) is 0 Å². The molecule has 0 aliphatic rings. The molecule has 0 aromatic rings. The summed E-state index contributed by atoms with van der Waals surface area (Å²) in [6, 6.07) is 0. The second-order valence-corrected chi connectivity index (χ2v) is 7.58. The minimum Gasteiger partial charge on any atom is -0.0922 e. The predicted octanol–water partition coefficient (Wildman–Crippen LogP) is 8.28. The van der Waals surface area contributed by atoms with Gasteiger partial charge in [0.2, 0.25) is 0 Å². The van der Waals surface area contributed by atoms with Gasteiger partial charge in [-0.25, -0.2) is 0 Å². The third-order valence-electron chi connectivity index (χ3n) is 5.15. The minimum absolute atomic E-state index is 0.593. The van der Waals surface area contributed by atoms with Gasteiger partial charge in [0, 0.05) is 5.33 Å². The molecule has 0 spiro atoms.